The van der Waals surface area contributed by atoms with Crippen molar-refractivity contribution in [2.45, 2.75) is 70.5 Å². The number of piperidine rings is 1. The lowest BCUT2D eigenvalue weighted by Crippen LogP contribution is -2.43. The van der Waals surface area contributed by atoms with E-state index in [-0.39, 0.29) is 22.7 Å². The molecular formula is C31H39FN6O2. The smallest absolute Gasteiger partial charge is 0.274 e. The number of pyridine rings is 1. The number of halogens is 1. The third kappa shape index (κ3) is 4.68. The number of likely N-dealkylation sites (tertiary alicyclic amines) is 1. The number of amides is 1. The summed E-state index contributed by atoms with van der Waals surface area (Å²) >= 11 is 0. The average molecular weight is 547 g/mol. The van der Waals surface area contributed by atoms with Gasteiger partial charge < -0.3 is 14.6 Å². The Balaban J connectivity index is 1.28. The van der Waals surface area contributed by atoms with Crippen molar-refractivity contribution in [3.05, 3.63) is 65.0 Å². The summed E-state index contributed by atoms with van der Waals surface area (Å²) in [6.07, 6.45) is 3.48. The van der Waals surface area contributed by atoms with Gasteiger partial charge in [0, 0.05) is 49.3 Å². The van der Waals surface area contributed by atoms with Crippen molar-refractivity contribution in [1.82, 2.24) is 24.6 Å². The van der Waals surface area contributed by atoms with E-state index in [1.807, 2.05) is 36.7 Å². The first-order valence-corrected chi connectivity index (χ1v) is 14.4. The van der Waals surface area contributed by atoms with Gasteiger partial charge in [0.2, 0.25) is 0 Å². The second-order valence-corrected chi connectivity index (χ2v) is 12.9. The molecule has 2 atom stereocenters. The van der Waals surface area contributed by atoms with Gasteiger partial charge >= 0.3 is 0 Å². The van der Waals surface area contributed by atoms with E-state index < -0.39 is 6.17 Å². The van der Waals surface area contributed by atoms with Crippen LogP contribution in [0.15, 0.2) is 36.7 Å². The molecule has 4 heterocycles. The largest absolute Gasteiger partial charge is 0.490 e. The van der Waals surface area contributed by atoms with E-state index in [1.165, 1.54) is 0 Å². The Morgan fingerprint density at radius 2 is 2.02 bits per heavy atom. The number of nitrogens with one attached hydrogen (secondary N) is 1. The summed E-state index contributed by atoms with van der Waals surface area (Å²) in [5.41, 5.74) is 3.44. The van der Waals surface area contributed by atoms with E-state index in [9.17, 15) is 9.18 Å². The lowest BCUT2D eigenvalue weighted by molar-refractivity contribution is 0.0919. The molecule has 0 unspecified atom stereocenters. The first-order chi connectivity index (χ1) is 19.1. The van der Waals surface area contributed by atoms with Gasteiger partial charge in [0.1, 0.15) is 29.8 Å². The average Bonchev–Trinajstić information content (AvgIpc) is 3.46. The van der Waals surface area contributed by atoms with Crippen LogP contribution >= 0.6 is 0 Å². The van der Waals surface area contributed by atoms with Crippen molar-refractivity contribution >= 4 is 11.6 Å². The minimum absolute atomic E-state index is 0.0143. The van der Waals surface area contributed by atoms with Crippen molar-refractivity contribution in [1.29, 1.82) is 0 Å². The molecule has 8 nitrogen and oxygen atoms in total. The van der Waals surface area contributed by atoms with E-state index in [1.54, 1.807) is 6.33 Å². The fourth-order valence-electron chi connectivity index (χ4n) is 6.83. The van der Waals surface area contributed by atoms with Gasteiger partial charge in [-0.25, -0.2) is 9.37 Å². The van der Waals surface area contributed by atoms with Crippen molar-refractivity contribution in [3.63, 3.8) is 0 Å². The second-order valence-electron chi connectivity index (χ2n) is 12.9. The van der Waals surface area contributed by atoms with Crippen LogP contribution in [0, 0.1) is 11.8 Å². The van der Waals surface area contributed by atoms with E-state index in [0.717, 1.165) is 46.9 Å². The number of aromatic nitrogens is 4. The molecule has 1 saturated heterocycles. The third-order valence-electron chi connectivity index (χ3n) is 8.99. The maximum Gasteiger partial charge on any atom is 0.274 e. The quantitative estimate of drug-likeness (QED) is 0.467. The number of hydrogen-bond donors (Lipinski definition) is 1. The van der Waals surface area contributed by atoms with Crippen molar-refractivity contribution in [2.24, 2.45) is 18.9 Å². The van der Waals surface area contributed by atoms with E-state index in [0.29, 0.717) is 44.3 Å². The topological polar surface area (TPSA) is 85.2 Å². The highest BCUT2D eigenvalue weighted by atomic mass is 19.1. The zero-order valence-corrected chi connectivity index (χ0v) is 24.1. The van der Waals surface area contributed by atoms with Crippen LogP contribution in [-0.4, -0.2) is 56.4 Å². The second kappa shape index (κ2) is 9.94. The van der Waals surface area contributed by atoms with Crippen LogP contribution in [-0.2, 0) is 24.4 Å². The summed E-state index contributed by atoms with van der Waals surface area (Å²) in [6.45, 7) is 10.9. The first kappa shape index (κ1) is 26.9. The van der Waals surface area contributed by atoms with Gasteiger partial charge in [-0.3, -0.25) is 9.69 Å². The van der Waals surface area contributed by atoms with Crippen LogP contribution in [0.5, 0.6) is 5.75 Å². The number of anilines is 1. The van der Waals surface area contributed by atoms with E-state index in [4.69, 9.17) is 9.72 Å². The molecule has 1 saturated carbocycles. The number of nitrogens with zero attached hydrogens (tertiary/aromatic N) is 5. The Bertz CT molecular complexity index is 1430. The molecule has 3 aromatic rings. The van der Waals surface area contributed by atoms with Crippen molar-refractivity contribution in [3.8, 4) is 5.75 Å². The Hall–Kier alpha value is -3.33. The summed E-state index contributed by atoms with van der Waals surface area (Å²) < 4.78 is 22.2. The van der Waals surface area contributed by atoms with Crippen LogP contribution in [0.2, 0.25) is 0 Å². The maximum absolute atomic E-state index is 14.1. The molecule has 2 aromatic heterocycles. The molecule has 212 valence electrons. The maximum atomic E-state index is 14.1. The van der Waals surface area contributed by atoms with Crippen molar-refractivity contribution in [2.75, 3.05) is 25.0 Å². The normalized spacial score (nSPS) is 27.5. The highest BCUT2D eigenvalue weighted by molar-refractivity contribution is 6.03. The molecule has 9 heteroatoms. The van der Waals surface area contributed by atoms with Gasteiger partial charge in [0.05, 0.1) is 17.7 Å². The van der Waals surface area contributed by atoms with Crippen LogP contribution in [0.4, 0.5) is 10.1 Å². The number of ether oxygens (including phenoxy) is 1. The fraction of sp³-hybridized carbons (Fsp3) is 0.548. The Morgan fingerprint density at radius 3 is 2.73 bits per heavy atom. The van der Waals surface area contributed by atoms with E-state index in [2.05, 4.69) is 53.3 Å². The number of fused-ring (bicyclic) bond motifs is 1. The predicted molar refractivity (Wildman–Crippen MR) is 151 cm³/mol. The van der Waals surface area contributed by atoms with Crippen LogP contribution < -0.4 is 10.1 Å². The molecule has 2 aliphatic heterocycles. The standard InChI is InChI=1S/C31H39FN6O2/c1-19-13-31(14-19,29-36-33-18-37(29)5)22-7-6-8-23(12-22)34-28(39)25-11-21(16-38-10-9-24(32)20(2)15-38)26-27(35-25)30(3,4)17-40-26/h6-8,11-12,18-20,24H,9-10,13-17H2,1-5H3,(H,34,39)/t19?,20-,24+,31?/m1/s1. The van der Waals surface area contributed by atoms with Gasteiger partial charge in [0.15, 0.2) is 0 Å². The number of hydrogen-bond acceptors (Lipinski definition) is 6. The lowest BCUT2D eigenvalue weighted by Gasteiger charge is -2.46. The summed E-state index contributed by atoms with van der Waals surface area (Å²) in [6, 6.07) is 9.92. The molecule has 3 aliphatic rings. The Kier molecular flexibility index (Phi) is 6.68. The van der Waals surface area contributed by atoms with Gasteiger partial charge in [-0.1, -0.05) is 39.8 Å². The molecule has 6 rings (SSSR count). The summed E-state index contributed by atoms with van der Waals surface area (Å²) in [4.78, 5) is 20.7. The number of carbonyl (C=O) groups excluding carboxylic acids is 1. The zero-order valence-electron chi connectivity index (χ0n) is 24.1. The lowest BCUT2D eigenvalue weighted by atomic mass is 9.58. The number of alkyl halides is 1. The monoisotopic (exact) mass is 546 g/mol. The molecule has 2 fully saturated rings. The minimum atomic E-state index is -0.761. The van der Waals surface area contributed by atoms with Gasteiger partial charge in [-0.05, 0) is 48.9 Å². The van der Waals surface area contributed by atoms with Crippen LogP contribution in [0.3, 0.4) is 0 Å². The van der Waals surface area contributed by atoms with Gasteiger partial charge in [-0.15, -0.1) is 10.2 Å². The number of carbonyl (C=O) groups is 1. The third-order valence-corrected chi connectivity index (χ3v) is 8.99. The number of benzene rings is 1. The zero-order chi connectivity index (χ0) is 28.2. The van der Waals surface area contributed by atoms with Gasteiger partial charge in [-0.2, -0.15) is 0 Å². The molecule has 0 radical (unpaired) electrons. The Morgan fingerprint density at radius 1 is 1.23 bits per heavy atom. The predicted octanol–water partition coefficient (Wildman–Crippen LogP) is 5.03. The van der Waals surface area contributed by atoms with E-state index >= 15 is 0 Å². The number of rotatable bonds is 6. The molecule has 0 bridgehead atoms. The summed E-state index contributed by atoms with van der Waals surface area (Å²) in [5.74, 6) is 2.04. The van der Waals surface area contributed by atoms with Crippen LogP contribution in [0.25, 0.3) is 0 Å². The highest BCUT2D eigenvalue weighted by Gasteiger charge is 2.48. The molecule has 1 N–H and O–H groups in total. The highest BCUT2D eigenvalue weighted by Crippen LogP contribution is 2.51. The molecule has 1 aromatic carbocycles. The Labute approximate surface area is 235 Å². The molecule has 40 heavy (non-hydrogen) atoms. The van der Waals surface area contributed by atoms with Gasteiger partial charge in [0.25, 0.3) is 5.91 Å². The minimum Gasteiger partial charge on any atom is -0.490 e. The van der Waals surface area contributed by atoms with Crippen molar-refractivity contribution < 1.29 is 13.9 Å². The fourth-order valence-corrected chi connectivity index (χ4v) is 6.83. The summed E-state index contributed by atoms with van der Waals surface area (Å²) in [7, 11) is 1.98. The number of aryl methyl sites for hydroxylation is 1. The van der Waals surface area contributed by atoms with Crippen LogP contribution in [0.1, 0.15) is 80.1 Å². The molecule has 0 spiro atoms. The molecule has 1 amide bonds. The molecular weight excluding hydrogens is 507 g/mol. The summed E-state index contributed by atoms with van der Waals surface area (Å²) in [5, 5.41) is 11.7. The SMILES string of the molecule is CC1CC(c2cccc(NC(=O)c3cc(CN4CC[C@H](F)[C@H](C)C4)c4c(n3)C(C)(C)CO4)c2)(c2nncn2C)C1. The molecule has 1 aliphatic carbocycles. The first-order valence-electron chi connectivity index (χ1n) is 14.4.